The number of fused-ring (bicyclic) bond motifs is 1. The van der Waals surface area contributed by atoms with E-state index in [9.17, 15) is 14.7 Å². The largest absolute Gasteiger partial charge is 0.491 e. The molecule has 0 spiro atoms. The van der Waals surface area contributed by atoms with Crippen LogP contribution in [0.1, 0.15) is 5.56 Å². The molecule has 1 aliphatic heterocycles. The van der Waals surface area contributed by atoms with Crippen molar-refractivity contribution < 1.29 is 9.84 Å². The SMILES string of the molecule is Cc1ccccc1OC[C@H](O)Cn1c(N2CCN(c3ccccc3)CC2)nc2c1c(=O)n(C)c(=O)n2C. The van der Waals surface area contributed by atoms with Crippen LogP contribution >= 0.6 is 0 Å². The lowest BCUT2D eigenvalue weighted by Crippen LogP contribution is -2.47. The number of aliphatic hydroxyl groups excluding tert-OH is 1. The summed E-state index contributed by atoms with van der Waals surface area (Å²) in [4.78, 5) is 35.0. The smallest absolute Gasteiger partial charge is 0.332 e. The molecule has 1 saturated heterocycles. The van der Waals surface area contributed by atoms with Crippen molar-refractivity contribution in [3.8, 4) is 5.75 Å². The predicted octanol–water partition coefficient (Wildman–Crippen LogP) is 1.51. The van der Waals surface area contributed by atoms with Crippen LogP contribution in [-0.4, -0.2) is 62.7 Å². The fourth-order valence-electron chi connectivity index (χ4n) is 4.82. The Hall–Kier alpha value is -4.05. The summed E-state index contributed by atoms with van der Waals surface area (Å²) in [6.07, 6.45) is -0.900. The van der Waals surface area contributed by atoms with Crippen molar-refractivity contribution in [1.82, 2.24) is 18.7 Å². The molecule has 1 aliphatic rings. The number of nitrogens with zero attached hydrogens (tertiary/aromatic N) is 6. The molecule has 37 heavy (non-hydrogen) atoms. The van der Waals surface area contributed by atoms with E-state index in [-0.39, 0.29) is 13.2 Å². The van der Waals surface area contributed by atoms with Crippen LogP contribution in [0, 0.1) is 6.92 Å². The predicted molar refractivity (Wildman–Crippen MR) is 144 cm³/mol. The van der Waals surface area contributed by atoms with E-state index < -0.39 is 17.4 Å². The highest BCUT2D eigenvalue weighted by atomic mass is 16.5. The Labute approximate surface area is 214 Å². The number of para-hydroxylation sites is 2. The number of rotatable bonds is 7. The minimum Gasteiger partial charge on any atom is -0.491 e. The van der Waals surface area contributed by atoms with Crippen LogP contribution in [0.2, 0.25) is 0 Å². The zero-order chi connectivity index (χ0) is 26.1. The van der Waals surface area contributed by atoms with E-state index >= 15 is 0 Å². The van der Waals surface area contributed by atoms with Crippen molar-refractivity contribution in [3.05, 3.63) is 81.0 Å². The van der Waals surface area contributed by atoms with Gasteiger partial charge in [0.25, 0.3) is 5.56 Å². The molecule has 0 radical (unpaired) electrons. The molecular formula is C27H32N6O4. The lowest BCUT2D eigenvalue weighted by molar-refractivity contribution is 0.0933. The lowest BCUT2D eigenvalue weighted by Gasteiger charge is -2.36. The van der Waals surface area contributed by atoms with Gasteiger partial charge < -0.3 is 24.2 Å². The number of aliphatic hydroxyl groups is 1. The van der Waals surface area contributed by atoms with Gasteiger partial charge in [-0.3, -0.25) is 13.9 Å². The van der Waals surface area contributed by atoms with Crippen molar-refractivity contribution in [2.45, 2.75) is 19.6 Å². The number of benzene rings is 2. The molecule has 1 atom stereocenters. The summed E-state index contributed by atoms with van der Waals surface area (Å²) in [6.45, 7) is 5.03. The quantitative estimate of drug-likeness (QED) is 0.407. The topological polar surface area (TPSA) is 97.8 Å². The van der Waals surface area contributed by atoms with E-state index in [0.717, 1.165) is 28.9 Å². The molecule has 0 aliphatic carbocycles. The molecule has 194 valence electrons. The number of hydrogen-bond donors (Lipinski definition) is 1. The molecule has 10 heteroatoms. The average molecular weight is 505 g/mol. The fourth-order valence-corrected chi connectivity index (χ4v) is 4.82. The van der Waals surface area contributed by atoms with E-state index in [1.807, 2.05) is 49.4 Å². The van der Waals surface area contributed by atoms with Crippen LogP contribution in [-0.2, 0) is 20.6 Å². The molecule has 1 N–H and O–H groups in total. The number of hydrogen-bond acceptors (Lipinski definition) is 7. The fraction of sp³-hybridized carbons (Fsp3) is 0.370. The Morgan fingerprint density at radius 1 is 0.919 bits per heavy atom. The summed E-state index contributed by atoms with van der Waals surface area (Å²) >= 11 is 0. The highest BCUT2D eigenvalue weighted by Gasteiger charge is 2.27. The van der Waals surface area contributed by atoms with Gasteiger partial charge >= 0.3 is 5.69 Å². The van der Waals surface area contributed by atoms with Crippen molar-refractivity contribution in [1.29, 1.82) is 0 Å². The molecule has 0 amide bonds. The molecule has 10 nitrogen and oxygen atoms in total. The molecule has 4 aromatic rings. The number of aryl methyl sites for hydroxylation is 2. The van der Waals surface area contributed by atoms with Crippen LogP contribution in [0.15, 0.2) is 64.2 Å². The number of piperazine rings is 1. The minimum atomic E-state index is -0.900. The van der Waals surface area contributed by atoms with Gasteiger partial charge in [-0.15, -0.1) is 0 Å². The Morgan fingerprint density at radius 3 is 2.27 bits per heavy atom. The zero-order valence-corrected chi connectivity index (χ0v) is 21.4. The van der Waals surface area contributed by atoms with Gasteiger partial charge in [-0.1, -0.05) is 36.4 Å². The normalized spacial score (nSPS) is 14.8. The average Bonchev–Trinajstić information content (AvgIpc) is 3.30. The first-order valence-corrected chi connectivity index (χ1v) is 12.4. The zero-order valence-electron chi connectivity index (χ0n) is 21.4. The highest BCUT2D eigenvalue weighted by molar-refractivity contribution is 5.74. The summed E-state index contributed by atoms with van der Waals surface area (Å²) < 4.78 is 10.1. The first-order chi connectivity index (χ1) is 17.8. The summed E-state index contributed by atoms with van der Waals surface area (Å²) in [5.41, 5.74) is 1.86. The van der Waals surface area contributed by atoms with Crippen LogP contribution < -0.4 is 25.8 Å². The van der Waals surface area contributed by atoms with Gasteiger partial charge in [0.05, 0.1) is 6.54 Å². The summed E-state index contributed by atoms with van der Waals surface area (Å²) in [5, 5.41) is 11.0. The minimum absolute atomic E-state index is 0.0534. The third kappa shape index (κ3) is 4.72. The molecule has 0 bridgehead atoms. The number of anilines is 2. The first kappa shape index (κ1) is 24.6. The molecule has 2 aromatic carbocycles. The highest BCUT2D eigenvalue weighted by Crippen LogP contribution is 2.24. The molecule has 5 rings (SSSR count). The number of aromatic nitrogens is 4. The van der Waals surface area contributed by atoms with E-state index in [1.54, 1.807) is 11.6 Å². The van der Waals surface area contributed by atoms with Gasteiger partial charge in [0, 0.05) is 46.0 Å². The number of imidazole rings is 1. The van der Waals surface area contributed by atoms with E-state index in [2.05, 4.69) is 21.9 Å². The van der Waals surface area contributed by atoms with Crippen molar-refractivity contribution >= 4 is 22.8 Å². The summed E-state index contributed by atoms with van der Waals surface area (Å²) in [6, 6.07) is 17.9. The maximum absolute atomic E-state index is 13.2. The lowest BCUT2D eigenvalue weighted by atomic mass is 10.2. The molecule has 0 saturated carbocycles. The molecule has 2 aromatic heterocycles. The maximum atomic E-state index is 13.2. The summed E-state index contributed by atoms with van der Waals surface area (Å²) in [5.74, 6) is 1.27. The van der Waals surface area contributed by atoms with Gasteiger partial charge in [-0.2, -0.15) is 4.98 Å². The van der Waals surface area contributed by atoms with Crippen LogP contribution in [0.5, 0.6) is 5.75 Å². The van der Waals surface area contributed by atoms with Crippen molar-refractivity contribution in [3.63, 3.8) is 0 Å². The Bertz CT molecular complexity index is 1520. The third-order valence-electron chi connectivity index (χ3n) is 6.93. The van der Waals surface area contributed by atoms with Crippen LogP contribution in [0.3, 0.4) is 0 Å². The molecule has 1 fully saturated rings. The first-order valence-electron chi connectivity index (χ1n) is 12.4. The second-order valence-corrected chi connectivity index (χ2v) is 9.44. The molecule has 0 unspecified atom stereocenters. The van der Waals surface area contributed by atoms with E-state index in [0.29, 0.717) is 36.0 Å². The Balaban J connectivity index is 1.45. The molecular weight excluding hydrogens is 472 g/mol. The van der Waals surface area contributed by atoms with E-state index in [4.69, 9.17) is 9.72 Å². The number of ether oxygens (including phenoxy) is 1. The van der Waals surface area contributed by atoms with Gasteiger partial charge in [-0.25, -0.2) is 4.79 Å². The van der Waals surface area contributed by atoms with Crippen molar-refractivity contribution in [2.75, 3.05) is 42.6 Å². The van der Waals surface area contributed by atoms with E-state index in [1.165, 1.54) is 11.6 Å². The third-order valence-corrected chi connectivity index (χ3v) is 6.93. The second kappa shape index (κ2) is 10.1. The van der Waals surface area contributed by atoms with Gasteiger partial charge in [0.1, 0.15) is 18.5 Å². The van der Waals surface area contributed by atoms with Gasteiger partial charge in [-0.05, 0) is 30.7 Å². The van der Waals surface area contributed by atoms with Crippen LogP contribution in [0.25, 0.3) is 11.2 Å². The maximum Gasteiger partial charge on any atom is 0.332 e. The molecule has 3 heterocycles. The second-order valence-electron chi connectivity index (χ2n) is 9.44. The standard InChI is InChI=1S/C27H32N6O4/c1-19-9-7-8-12-22(19)37-18-21(34)17-33-23-24(29(2)27(36)30(3)25(23)35)28-26(33)32-15-13-31(14-16-32)20-10-5-4-6-11-20/h4-12,21,34H,13-18H2,1-3H3/t21-/m1/s1. The van der Waals surface area contributed by atoms with Gasteiger partial charge in [0.15, 0.2) is 11.2 Å². The Kier molecular flexibility index (Phi) is 6.75. The monoisotopic (exact) mass is 504 g/mol. The Morgan fingerprint density at radius 2 is 1.57 bits per heavy atom. The van der Waals surface area contributed by atoms with Crippen molar-refractivity contribution in [2.24, 2.45) is 14.1 Å². The van der Waals surface area contributed by atoms with Crippen LogP contribution in [0.4, 0.5) is 11.6 Å². The summed E-state index contributed by atoms with van der Waals surface area (Å²) in [7, 11) is 3.06. The van der Waals surface area contributed by atoms with Gasteiger partial charge in [0.2, 0.25) is 5.95 Å².